The summed E-state index contributed by atoms with van der Waals surface area (Å²) >= 11 is 0. The minimum atomic E-state index is 0.00845. The van der Waals surface area contributed by atoms with E-state index in [9.17, 15) is 0 Å². The van der Waals surface area contributed by atoms with Crippen LogP contribution in [0.2, 0.25) is 0 Å². The van der Waals surface area contributed by atoms with E-state index in [0.29, 0.717) is 12.1 Å². The van der Waals surface area contributed by atoms with E-state index in [0.717, 1.165) is 62.6 Å². The lowest BCUT2D eigenvalue weighted by atomic mass is 9.79. The summed E-state index contributed by atoms with van der Waals surface area (Å²) in [5, 5.41) is 0. The van der Waals surface area contributed by atoms with Gasteiger partial charge in [0.25, 0.3) is 0 Å². The molecule has 1 saturated heterocycles. The Labute approximate surface area is 161 Å². The molecule has 0 radical (unpaired) electrons. The normalized spacial score (nSPS) is 31.5. The summed E-state index contributed by atoms with van der Waals surface area (Å²) in [5.74, 6) is 0.833. The number of hydrogen-bond donors (Lipinski definition) is 0. The highest BCUT2D eigenvalue weighted by Gasteiger charge is 2.51. The summed E-state index contributed by atoms with van der Waals surface area (Å²) in [6.07, 6.45) is 11.8. The van der Waals surface area contributed by atoms with Gasteiger partial charge in [-0.05, 0) is 63.0 Å². The van der Waals surface area contributed by atoms with Crippen molar-refractivity contribution in [1.82, 2.24) is 14.3 Å². The monoisotopic (exact) mass is 369 g/mol. The average Bonchev–Trinajstić information content (AvgIpc) is 3.31. The Kier molecular flexibility index (Phi) is 4.49. The number of aromatic nitrogens is 2. The van der Waals surface area contributed by atoms with Crippen LogP contribution in [0.3, 0.4) is 0 Å². The van der Waals surface area contributed by atoms with Crippen LogP contribution in [0.4, 0.5) is 0 Å². The Morgan fingerprint density at radius 3 is 2.93 bits per heavy atom. The first-order valence-corrected chi connectivity index (χ1v) is 10.5. The molecule has 5 rings (SSSR count). The van der Waals surface area contributed by atoms with Gasteiger partial charge in [-0.15, -0.1) is 0 Å². The van der Waals surface area contributed by atoms with Gasteiger partial charge in [-0.3, -0.25) is 4.90 Å². The summed E-state index contributed by atoms with van der Waals surface area (Å²) in [4.78, 5) is 7.49. The molecular formula is C22H31N3O2. The number of imidazole rings is 1. The van der Waals surface area contributed by atoms with Crippen LogP contribution in [0, 0.1) is 12.8 Å². The Bertz CT molecular complexity index is 815. The zero-order chi connectivity index (χ0) is 18.4. The summed E-state index contributed by atoms with van der Waals surface area (Å²) in [7, 11) is 1.90. The van der Waals surface area contributed by atoms with Crippen molar-refractivity contribution in [3.8, 4) is 0 Å². The number of rotatable bonds is 6. The second-order valence-electron chi connectivity index (χ2n) is 8.83. The van der Waals surface area contributed by atoms with Crippen LogP contribution in [0.15, 0.2) is 24.5 Å². The van der Waals surface area contributed by atoms with Crippen molar-refractivity contribution in [1.29, 1.82) is 0 Å². The molecule has 0 spiro atoms. The number of fused-ring (bicyclic) bond motifs is 2. The van der Waals surface area contributed by atoms with Gasteiger partial charge in [0.05, 0.1) is 17.4 Å². The van der Waals surface area contributed by atoms with Gasteiger partial charge in [-0.1, -0.05) is 6.07 Å². The highest BCUT2D eigenvalue weighted by Crippen LogP contribution is 2.44. The molecule has 2 aromatic rings. The van der Waals surface area contributed by atoms with Crippen LogP contribution in [0.25, 0.3) is 5.65 Å². The molecule has 3 atom stereocenters. The van der Waals surface area contributed by atoms with Crippen molar-refractivity contribution in [2.45, 2.75) is 69.7 Å². The fraction of sp³-hybridized carbons (Fsp3) is 0.682. The minimum absolute atomic E-state index is 0.00845. The quantitative estimate of drug-likeness (QED) is 0.780. The third-order valence-corrected chi connectivity index (χ3v) is 7.01. The molecule has 27 heavy (non-hydrogen) atoms. The van der Waals surface area contributed by atoms with Crippen LogP contribution in [0.5, 0.6) is 0 Å². The van der Waals surface area contributed by atoms with E-state index in [2.05, 4.69) is 40.8 Å². The van der Waals surface area contributed by atoms with E-state index >= 15 is 0 Å². The van der Waals surface area contributed by atoms with Crippen molar-refractivity contribution >= 4 is 5.65 Å². The van der Waals surface area contributed by atoms with E-state index in [1.165, 1.54) is 18.4 Å². The lowest BCUT2D eigenvalue weighted by molar-refractivity contribution is -0.103. The molecule has 5 nitrogen and oxygen atoms in total. The summed E-state index contributed by atoms with van der Waals surface area (Å²) in [6.45, 7) is 5.07. The lowest BCUT2D eigenvalue weighted by Gasteiger charge is -2.43. The topological polar surface area (TPSA) is 39.0 Å². The van der Waals surface area contributed by atoms with Gasteiger partial charge in [0.15, 0.2) is 0 Å². The Morgan fingerprint density at radius 1 is 1.26 bits per heavy atom. The standard InChI is InChI=1S/C22H31N3O2/c1-16-4-3-10-25-14-18(23-21(16)25)13-24-11-9-22(26-2)8-7-19(12-20(22)24)27-15-17-5-6-17/h3-4,10,14,17,19-20H,5-9,11-13,15H2,1-2H3/t19-,20-,22+/m0/s1. The van der Waals surface area contributed by atoms with Gasteiger partial charge in [0, 0.05) is 45.2 Å². The van der Waals surface area contributed by atoms with Gasteiger partial charge in [0.2, 0.25) is 0 Å². The van der Waals surface area contributed by atoms with Crippen LogP contribution < -0.4 is 0 Å². The molecule has 3 heterocycles. The highest BCUT2D eigenvalue weighted by atomic mass is 16.5. The fourth-order valence-corrected chi connectivity index (χ4v) is 5.14. The predicted molar refractivity (Wildman–Crippen MR) is 105 cm³/mol. The van der Waals surface area contributed by atoms with Gasteiger partial charge < -0.3 is 13.9 Å². The smallest absolute Gasteiger partial charge is 0.139 e. The van der Waals surface area contributed by atoms with Crippen LogP contribution >= 0.6 is 0 Å². The Balaban J connectivity index is 1.32. The molecule has 0 amide bonds. The van der Waals surface area contributed by atoms with E-state index < -0.39 is 0 Å². The number of hydrogen-bond acceptors (Lipinski definition) is 4. The van der Waals surface area contributed by atoms with Crippen molar-refractivity contribution in [3.05, 3.63) is 35.8 Å². The average molecular weight is 370 g/mol. The maximum Gasteiger partial charge on any atom is 0.139 e. The number of likely N-dealkylation sites (tertiary alicyclic amines) is 1. The molecule has 0 aromatic carbocycles. The first kappa shape index (κ1) is 17.7. The van der Waals surface area contributed by atoms with Crippen molar-refractivity contribution in [2.75, 3.05) is 20.3 Å². The Hall–Kier alpha value is -1.43. The number of nitrogens with zero attached hydrogens (tertiary/aromatic N) is 3. The summed E-state index contributed by atoms with van der Waals surface area (Å²) in [5.41, 5.74) is 3.45. The fourth-order valence-electron chi connectivity index (χ4n) is 5.14. The molecule has 2 aromatic heterocycles. The third kappa shape index (κ3) is 3.30. The van der Waals surface area contributed by atoms with Crippen LogP contribution in [0.1, 0.15) is 49.8 Å². The predicted octanol–water partition coefficient (Wildman–Crippen LogP) is 3.58. The second kappa shape index (κ2) is 6.87. The third-order valence-electron chi connectivity index (χ3n) is 7.01. The summed E-state index contributed by atoms with van der Waals surface area (Å²) in [6, 6.07) is 4.65. The molecule has 3 aliphatic rings. The van der Waals surface area contributed by atoms with E-state index in [-0.39, 0.29) is 5.60 Å². The van der Waals surface area contributed by atoms with Crippen molar-refractivity contribution in [3.63, 3.8) is 0 Å². The minimum Gasteiger partial charge on any atom is -0.378 e. The SMILES string of the molecule is CO[C@@]12CC[C@H](OCC3CC3)C[C@@H]1N(Cc1cn3cccc(C)c3n1)CC2. The molecule has 2 saturated carbocycles. The molecular weight excluding hydrogens is 338 g/mol. The molecule has 1 aliphatic heterocycles. The van der Waals surface area contributed by atoms with Gasteiger partial charge >= 0.3 is 0 Å². The highest BCUT2D eigenvalue weighted by molar-refractivity contribution is 5.47. The van der Waals surface area contributed by atoms with E-state index in [1.807, 2.05) is 7.11 Å². The first-order chi connectivity index (χ1) is 13.2. The van der Waals surface area contributed by atoms with Crippen LogP contribution in [-0.2, 0) is 16.0 Å². The number of pyridine rings is 1. The second-order valence-corrected chi connectivity index (χ2v) is 8.83. The van der Waals surface area contributed by atoms with Crippen LogP contribution in [-0.4, -0.2) is 52.3 Å². The number of methoxy groups -OCH3 is 1. The number of ether oxygens (including phenoxy) is 2. The van der Waals surface area contributed by atoms with E-state index in [1.54, 1.807) is 0 Å². The zero-order valence-corrected chi connectivity index (χ0v) is 16.6. The summed E-state index contributed by atoms with van der Waals surface area (Å²) < 4.78 is 14.5. The lowest BCUT2D eigenvalue weighted by Crippen LogP contribution is -2.51. The molecule has 146 valence electrons. The molecule has 5 heteroatoms. The maximum absolute atomic E-state index is 6.26. The maximum atomic E-state index is 6.26. The molecule has 2 aliphatic carbocycles. The largest absolute Gasteiger partial charge is 0.378 e. The van der Waals surface area contributed by atoms with Gasteiger partial charge in [-0.25, -0.2) is 4.98 Å². The molecule has 0 unspecified atom stereocenters. The molecule has 0 N–H and O–H groups in total. The van der Waals surface area contributed by atoms with Gasteiger partial charge in [0.1, 0.15) is 5.65 Å². The zero-order valence-electron chi connectivity index (χ0n) is 16.6. The molecule has 3 fully saturated rings. The number of aryl methyl sites for hydroxylation is 1. The van der Waals surface area contributed by atoms with Crippen molar-refractivity contribution in [2.24, 2.45) is 5.92 Å². The molecule has 0 bridgehead atoms. The van der Waals surface area contributed by atoms with Crippen molar-refractivity contribution < 1.29 is 9.47 Å². The first-order valence-electron chi connectivity index (χ1n) is 10.5. The van der Waals surface area contributed by atoms with E-state index in [4.69, 9.17) is 14.5 Å². The van der Waals surface area contributed by atoms with Gasteiger partial charge in [-0.2, -0.15) is 0 Å². The Morgan fingerprint density at radius 2 is 2.15 bits per heavy atom.